The number of carbonyl (C=O) groups excluding carboxylic acids is 2. The first-order chi connectivity index (χ1) is 13.3. The van der Waals surface area contributed by atoms with Gasteiger partial charge in [0.15, 0.2) is 5.11 Å². The third-order valence-electron chi connectivity index (χ3n) is 4.16. The molecule has 0 aliphatic rings. The zero-order valence-corrected chi connectivity index (χ0v) is 18.2. The maximum Gasteiger partial charge on any atom is 0.341 e. The lowest BCUT2D eigenvalue weighted by atomic mass is 10.1. The normalized spacial score (nSPS) is 10.3. The van der Waals surface area contributed by atoms with Gasteiger partial charge in [-0.05, 0) is 57.1 Å². The van der Waals surface area contributed by atoms with Crippen molar-refractivity contribution in [3.63, 3.8) is 0 Å². The summed E-state index contributed by atoms with van der Waals surface area (Å²) in [7, 11) is 1.31. The minimum Gasteiger partial charge on any atom is -0.465 e. The second-order valence-corrected chi connectivity index (χ2v) is 7.46. The second-order valence-electron chi connectivity index (χ2n) is 6.03. The maximum absolute atomic E-state index is 12.8. The number of ether oxygens (including phenoxy) is 1. The van der Waals surface area contributed by atoms with Gasteiger partial charge in [-0.3, -0.25) is 4.79 Å². The van der Waals surface area contributed by atoms with Crippen LogP contribution in [0.4, 0.5) is 10.8 Å². The molecule has 0 saturated carbocycles. The van der Waals surface area contributed by atoms with Gasteiger partial charge < -0.3 is 20.3 Å². The molecule has 2 aromatic rings. The lowest BCUT2D eigenvalue weighted by molar-refractivity contribution is 0.0601. The third kappa shape index (κ3) is 4.85. The highest BCUT2D eigenvalue weighted by atomic mass is 32.1. The molecule has 28 heavy (non-hydrogen) atoms. The summed E-state index contributed by atoms with van der Waals surface area (Å²) in [5.74, 6) is -0.0636. The monoisotopic (exact) mass is 420 g/mol. The van der Waals surface area contributed by atoms with Crippen LogP contribution in [0.25, 0.3) is 0 Å². The summed E-state index contributed by atoms with van der Waals surface area (Å²) < 4.78 is 4.90. The van der Waals surface area contributed by atoms with Gasteiger partial charge in [0.2, 0.25) is 0 Å². The number of pyridine rings is 1. The smallest absolute Gasteiger partial charge is 0.341 e. The number of esters is 1. The van der Waals surface area contributed by atoms with E-state index in [1.165, 1.54) is 18.4 Å². The molecule has 0 bridgehead atoms. The number of methoxy groups -OCH3 is 1. The van der Waals surface area contributed by atoms with Gasteiger partial charge in [-0.1, -0.05) is 6.07 Å². The fourth-order valence-corrected chi connectivity index (χ4v) is 4.04. The Bertz CT molecular complexity index is 874. The van der Waals surface area contributed by atoms with Crippen LogP contribution in [0.3, 0.4) is 0 Å². The molecular weight excluding hydrogens is 396 g/mol. The van der Waals surface area contributed by atoms with Crippen LogP contribution in [0, 0.1) is 13.8 Å². The zero-order chi connectivity index (χ0) is 20.8. The van der Waals surface area contributed by atoms with Crippen molar-refractivity contribution in [1.29, 1.82) is 0 Å². The Morgan fingerprint density at radius 3 is 2.43 bits per heavy atom. The fraction of sp³-hybridized carbons (Fsp3) is 0.368. The number of amides is 1. The molecule has 0 fully saturated rings. The van der Waals surface area contributed by atoms with Gasteiger partial charge in [0, 0.05) is 19.3 Å². The number of aromatic nitrogens is 1. The summed E-state index contributed by atoms with van der Waals surface area (Å²) in [6.07, 6.45) is 1.72. The number of carbonyl (C=O) groups is 2. The average Bonchev–Trinajstić information content (AvgIpc) is 2.99. The topological polar surface area (TPSA) is 83.6 Å². The predicted molar refractivity (Wildman–Crippen MR) is 116 cm³/mol. The van der Waals surface area contributed by atoms with Crippen molar-refractivity contribution in [2.45, 2.75) is 27.7 Å². The maximum atomic E-state index is 12.8. The highest BCUT2D eigenvalue weighted by molar-refractivity contribution is 7.80. The molecular formula is C19H24N4O3S2. The quantitative estimate of drug-likeness (QED) is 0.543. The van der Waals surface area contributed by atoms with E-state index in [1.54, 1.807) is 24.1 Å². The van der Waals surface area contributed by atoms with Crippen molar-refractivity contribution in [3.05, 3.63) is 39.9 Å². The molecule has 0 aliphatic carbocycles. The summed E-state index contributed by atoms with van der Waals surface area (Å²) in [5, 5.41) is 6.71. The molecule has 0 atom stereocenters. The van der Waals surface area contributed by atoms with Crippen LogP contribution in [0.5, 0.6) is 0 Å². The van der Waals surface area contributed by atoms with E-state index in [0.717, 1.165) is 5.56 Å². The van der Waals surface area contributed by atoms with Crippen molar-refractivity contribution < 1.29 is 14.3 Å². The molecule has 0 radical (unpaired) electrons. The largest absolute Gasteiger partial charge is 0.465 e. The summed E-state index contributed by atoms with van der Waals surface area (Å²) in [4.78, 5) is 31.6. The zero-order valence-electron chi connectivity index (χ0n) is 16.6. The van der Waals surface area contributed by atoms with Crippen molar-refractivity contribution in [2.75, 3.05) is 30.8 Å². The standard InChI is InChI=1S/C19H24N4O3S2/c1-6-23(7-2)17(24)15-12(4)14(18(25)26-5)16(28-15)22-19(27)21-13-9-8-11(3)10-20-13/h8-10H,6-7H2,1-5H3,(H2,20,21,22,27). The minimum atomic E-state index is -0.522. The summed E-state index contributed by atoms with van der Waals surface area (Å²) in [5.41, 5.74) is 1.92. The molecule has 0 saturated heterocycles. The number of hydrogen-bond donors (Lipinski definition) is 2. The molecule has 0 aromatic carbocycles. The highest BCUT2D eigenvalue weighted by Gasteiger charge is 2.27. The number of nitrogens with one attached hydrogen (secondary N) is 2. The van der Waals surface area contributed by atoms with Gasteiger partial charge in [0.1, 0.15) is 10.8 Å². The van der Waals surface area contributed by atoms with Gasteiger partial charge in [-0.15, -0.1) is 11.3 Å². The van der Waals surface area contributed by atoms with Crippen LogP contribution in [-0.2, 0) is 4.74 Å². The third-order valence-corrected chi connectivity index (χ3v) is 5.56. The van der Waals surface area contributed by atoms with Crippen LogP contribution in [0.1, 0.15) is 45.0 Å². The lowest BCUT2D eigenvalue weighted by Crippen LogP contribution is -2.30. The Balaban J connectivity index is 2.32. The first-order valence-corrected chi connectivity index (χ1v) is 10.1. The van der Waals surface area contributed by atoms with Crippen LogP contribution >= 0.6 is 23.6 Å². The van der Waals surface area contributed by atoms with Crippen molar-refractivity contribution in [2.24, 2.45) is 0 Å². The Morgan fingerprint density at radius 2 is 1.89 bits per heavy atom. The van der Waals surface area contributed by atoms with E-state index >= 15 is 0 Å². The molecule has 9 heteroatoms. The highest BCUT2D eigenvalue weighted by Crippen LogP contribution is 2.34. The van der Waals surface area contributed by atoms with E-state index in [2.05, 4.69) is 15.6 Å². The number of aryl methyl sites for hydroxylation is 1. The van der Waals surface area contributed by atoms with Crippen LogP contribution in [-0.4, -0.2) is 47.1 Å². The molecule has 0 aliphatic heterocycles. The van der Waals surface area contributed by atoms with E-state index in [1.807, 2.05) is 26.8 Å². The average molecular weight is 421 g/mol. The Morgan fingerprint density at radius 1 is 1.21 bits per heavy atom. The number of rotatable bonds is 6. The summed E-state index contributed by atoms with van der Waals surface area (Å²) >= 11 is 6.53. The fourth-order valence-electron chi connectivity index (χ4n) is 2.60. The van der Waals surface area contributed by atoms with E-state index in [-0.39, 0.29) is 11.0 Å². The molecule has 2 N–H and O–H groups in total. The molecule has 7 nitrogen and oxygen atoms in total. The summed E-state index contributed by atoms with van der Waals surface area (Å²) in [6.45, 7) is 8.68. The Labute approximate surface area is 174 Å². The SMILES string of the molecule is CCN(CC)C(=O)c1sc(NC(=S)Nc2ccc(C)cn2)c(C(=O)OC)c1C. The summed E-state index contributed by atoms with van der Waals surface area (Å²) in [6, 6.07) is 3.72. The van der Waals surface area contributed by atoms with E-state index < -0.39 is 5.97 Å². The van der Waals surface area contributed by atoms with Gasteiger partial charge >= 0.3 is 5.97 Å². The molecule has 2 heterocycles. The van der Waals surface area contributed by atoms with Crippen LogP contribution in [0.2, 0.25) is 0 Å². The molecule has 0 unspecified atom stereocenters. The first kappa shape index (κ1) is 21.8. The number of thiophene rings is 1. The van der Waals surface area contributed by atoms with Crippen LogP contribution < -0.4 is 10.6 Å². The lowest BCUT2D eigenvalue weighted by Gasteiger charge is -2.17. The minimum absolute atomic E-state index is 0.121. The van der Waals surface area contributed by atoms with Gasteiger partial charge in [0.25, 0.3) is 5.91 Å². The molecule has 1 amide bonds. The van der Waals surface area contributed by atoms with Gasteiger partial charge in [0.05, 0.1) is 17.6 Å². The molecule has 2 aromatic heterocycles. The van der Waals surface area contributed by atoms with Gasteiger partial charge in [-0.25, -0.2) is 9.78 Å². The molecule has 0 spiro atoms. The van der Waals surface area contributed by atoms with E-state index in [4.69, 9.17) is 17.0 Å². The van der Waals surface area contributed by atoms with Crippen molar-refractivity contribution >= 4 is 51.4 Å². The number of thiocarbonyl (C=S) groups is 1. The van der Waals surface area contributed by atoms with E-state index in [0.29, 0.717) is 39.9 Å². The Kier molecular flexibility index (Phi) is 7.47. The van der Waals surface area contributed by atoms with Gasteiger partial charge in [-0.2, -0.15) is 0 Å². The van der Waals surface area contributed by atoms with E-state index in [9.17, 15) is 9.59 Å². The first-order valence-electron chi connectivity index (χ1n) is 8.83. The number of nitrogens with zero attached hydrogens (tertiary/aromatic N) is 2. The molecule has 150 valence electrons. The van der Waals surface area contributed by atoms with Crippen LogP contribution in [0.15, 0.2) is 18.3 Å². The van der Waals surface area contributed by atoms with Crippen molar-refractivity contribution in [1.82, 2.24) is 9.88 Å². The number of anilines is 2. The molecule has 2 rings (SSSR count). The predicted octanol–water partition coefficient (Wildman–Crippen LogP) is 3.84. The second kappa shape index (κ2) is 9.61. The Hall–Kier alpha value is -2.52. The number of hydrogen-bond acceptors (Lipinski definition) is 6. The van der Waals surface area contributed by atoms with Crippen molar-refractivity contribution in [3.8, 4) is 0 Å².